The van der Waals surface area contributed by atoms with E-state index in [-0.39, 0.29) is 12.0 Å². The van der Waals surface area contributed by atoms with Gasteiger partial charge in [-0.3, -0.25) is 0 Å². The van der Waals surface area contributed by atoms with Crippen LogP contribution in [0.2, 0.25) is 0 Å². The first-order valence-electron chi connectivity index (χ1n) is 8.16. The van der Waals surface area contributed by atoms with Gasteiger partial charge in [-0.15, -0.1) is 0 Å². The number of imidazole rings is 1. The van der Waals surface area contributed by atoms with Gasteiger partial charge in [0.05, 0.1) is 12.9 Å². The fourth-order valence-corrected chi connectivity index (χ4v) is 2.46. The molecule has 3 rings (SSSR count). The summed E-state index contributed by atoms with van der Waals surface area (Å²) in [7, 11) is 0. The number of aliphatic hydroxyl groups is 2. The molecular formula is C17H22N6O2. The molecule has 2 heterocycles. The third-order valence-corrected chi connectivity index (χ3v) is 3.75. The number of rotatable bonds is 7. The summed E-state index contributed by atoms with van der Waals surface area (Å²) in [6, 6.07) is 10.1. The summed E-state index contributed by atoms with van der Waals surface area (Å²) in [5.41, 5.74) is 2.43. The lowest BCUT2D eigenvalue weighted by Gasteiger charge is -2.14. The van der Waals surface area contributed by atoms with Crippen LogP contribution in [0.3, 0.4) is 0 Å². The van der Waals surface area contributed by atoms with Crippen LogP contribution in [0.5, 0.6) is 0 Å². The summed E-state index contributed by atoms with van der Waals surface area (Å²) < 4.78 is 1.93. The Labute approximate surface area is 145 Å². The first-order chi connectivity index (χ1) is 12.1. The van der Waals surface area contributed by atoms with E-state index >= 15 is 0 Å². The normalized spacial score (nSPS) is 12.5. The predicted octanol–water partition coefficient (Wildman–Crippen LogP) is 1.74. The Balaban J connectivity index is 1.96. The third kappa shape index (κ3) is 3.86. The van der Waals surface area contributed by atoms with Gasteiger partial charge in [-0.1, -0.05) is 30.3 Å². The standard InChI is InChI=1S/C17H22N6O2/c1-11(2)23-10-19-14-15(18-8-12-6-4-3-5-7-12)21-17(22-16(14)23)20-13(25)9-24/h3-7,10-11,13,24-25H,8-9H2,1-2H3,(H2,18,20,21,22)/t13-/m1/s1. The van der Waals surface area contributed by atoms with E-state index in [0.717, 1.165) is 5.56 Å². The molecule has 8 heteroatoms. The Kier molecular flexibility index (Phi) is 5.11. The maximum atomic E-state index is 9.63. The van der Waals surface area contributed by atoms with Crippen molar-refractivity contribution in [3.63, 3.8) is 0 Å². The Hall–Kier alpha value is -2.71. The van der Waals surface area contributed by atoms with Gasteiger partial charge >= 0.3 is 0 Å². The van der Waals surface area contributed by atoms with Crippen molar-refractivity contribution in [3.05, 3.63) is 42.2 Å². The number of hydrogen-bond donors (Lipinski definition) is 4. The molecule has 0 spiro atoms. The summed E-state index contributed by atoms with van der Waals surface area (Å²) in [6.45, 7) is 4.23. The lowest BCUT2D eigenvalue weighted by Crippen LogP contribution is -2.24. The molecule has 0 amide bonds. The van der Waals surface area contributed by atoms with Gasteiger partial charge in [0, 0.05) is 12.6 Å². The molecule has 3 aromatic rings. The molecule has 4 N–H and O–H groups in total. The SMILES string of the molecule is CC(C)n1cnc2c(NCc3ccccc3)nc(N[C@H](O)CO)nc21. The molecule has 0 saturated carbocycles. The van der Waals surface area contributed by atoms with Crippen LogP contribution >= 0.6 is 0 Å². The van der Waals surface area contributed by atoms with Crippen molar-refractivity contribution in [2.45, 2.75) is 32.7 Å². The number of benzene rings is 1. The molecule has 1 atom stereocenters. The zero-order chi connectivity index (χ0) is 17.8. The monoisotopic (exact) mass is 342 g/mol. The van der Waals surface area contributed by atoms with Gasteiger partial charge < -0.3 is 25.4 Å². The number of nitrogens with zero attached hydrogens (tertiary/aromatic N) is 4. The van der Waals surface area contributed by atoms with Crippen molar-refractivity contribution in [2.24, 2.45) is 0 Å². The predicted molar refractivity (Wildman–Crippen MR) is 96.2 cm³/mol. The van der Waals surface area contributed by atoms with Gasteiger partial charge in [-0.25, -0.2) is 4.98 Å². The van der Waals surface area contributed by atoms with Crippen LogP contribution in [0.1, 0.15) is 25.5 Å². The van der Waals surface area contributed by atoms with Crippen LogP contribution in [-0.4, -0.2) is 42.6 Å². The molecule has 2 aromatic heterocycles. The highest BCUT2D eigenvalue weighted by atomic mass is 16.3. The average Bonchev–Trinajstić information content (AvgIpc) is 3.04. The summed E-state index contributed by atoms with van der Waals surface area (Å²) in [4.78, 5) is 13.3. The van der Waals surface area contributed by atoms with Crippen LogP contribution in [-0.2, 0) is 6.54 Å². The van der Waals surface area contributed by atoms with E-state index in [1.165, 1.54) is 0 Å². The third-order valence-electron chi connectivity index (χ3n) is 3.75. The lowest BCUT2D eigenvalue weighted by molar-refractivity contribution is 0.116. The zero-order valence-corrected chi connectivity index (χ0v) is 14.2. The minimum atomic E-state index is -1.13. The largest absolute Gasteiger partial charge is 0.392 e. The van der Waals surface area contributed by atoms with Crippen LogP contribution in [0, 0.1) is 0 Å². The molecule has 0 unspecified atom stereocenters. The molecule has 0 aliphatic heterocycles. The van der Waals surface area contributed by atoms with Crippen molar-refractivity contribution in [1.29, 1.82) is 0 Å². The fraction of sp³-hybridized carbons (Fsp3) is 0.353. The van der Waals surface area contributed by atoms with E-state index in [0.29, 0.717) is 23.5 Å². The highest BCUT2D eigenvalue weighted by molar-refractivity contribution is 5.84. The van der Waals surface area contributed by atoms with Gasteiger partial charge in [0.15, 0.2) is 17.0 Å². The van der Waals surface area contributed by atoms with Gasteiger partial charge in [-0.2, -0.15) is 9.97 Å². The molecular weight excluding hydrogens is 320 g/mol. The molecule has 8 nitrogen and oxygen atoms in total. The molecule has 0 fully saturated rings. The highest BCUT2D eigenvalue weighted by Gasteiger charge is 2.16. The van der Waals surface area contributed by atoms with Gasteiger partial charge in [0.2, 0.25) is 5.95 Å². The van der Waals surface area contributed by atoms with E-state index in [4.69, 9.17) is 5.11 Å². The maximum absolute atomic E-state index is 9.63. The van der Waals surface area contributed by atoms with E-state index < -0.39 is 12.8 Å². The van der Waals surface area contributed by atoms with Crippen molar-refractivity contribution in [1.82, 2.24) is 19.5 Å². The van der Waals surface area contributed by atoms with Crippen molar-refractivity contribution < 1.29 is 10.2 Å². The minimum Gasteiger partial charge on any atom is -0.392 e. The number of nitrogens with one attached hydrogen (secondary N) is 2. The highest BCUT2D eigenvalue weighted by Crippen LogP contribution is 2.24. The summed E-state index contributed by atoms with van der Waals surface area (Å²) >= 11 is 0. The second kappa shape index (κ2) is 7.45. The number of hydrogen-bond acceptors (Lipinski definition) is 7. The quantitative estimate of drug-likeness (QED) is 0.484. The number of aromatic nitrogens is 4. The molecule has 1 aromatic carbocycles. The molecule has 25 heavy (non-hydrogen) atoms. The first-order valence-corrected chi connectivity index (χ1v) is 8.16. The van der Waals surface area contributed by atoms with Crippen LogP contribution in [0.15, 0.2) is 36.7 Å². The zero-order valence-electron chi connectivity index (χ0n) is 14.2. The van der Waals surface area contributed by atoms with Crippen molar-refractivity contribution >= 4 is 22.9 Å². The second-order valence-electron chi connectivity index (χ2n) is 6.00. The van der Waals surface area contributed by atoms with E-state index in [1.54, 1.807) is 6.33 Å². The van der Waals surface area contributed by atoms with Crippen LogP contribution in [0.4, 0.5) is 11.8 Å². The van der Waals surface area contributed by atoms with Gasteiger partial charge in [0.25, 0.3) is 0 Å². The van der Waals surface area contributed by atoms with E-state index in [9.17, 15) is 5.11 Å². The average molecular weight is 342 g/mol. The Morgan fingerprint density at radius 2 is 1.92 bits per heavy atom. The second-order valence-corrected chi connectivity index (χ2v) is 6.00. The smallest absolute Gasteiger partial charge is 0.228 e. The Bertz CT molecular complexity index is 834. The molecule has 0 aliphatic rings. The van der Waals surface area contributed by atoms with Crippen LogP contribution in [0.25, 0.3) is 11.2 Å². The minimum absolute atomic E-state index is 0.178. The molecule has 0 bridgehead atoms. The molecule has 132 valence electrons. The number of aliphatic hydroxyl groups excluding tert-OH is 2. The maximum Gasteiger partial charge on any atom is 0.228 e. The molecule has 0 radical (unpaired) electrons. The molecule has 0 aliphatic carbocycles. The number of fused-ring (bicyclic) bond motifs is 1. The van der Waals surface area contributed by atoms with Crippen molar-refractivity contribution in [2.75, 3.05) is 17.2 Å². The van der Waals surface area contributed by atoms with Crippen LogP contribution < -0.4 is 10.6 Å². The van der Waals surface area contributed by atoms with Crippen molar-refractivity contribution in [3.8, 4) is 0 Å². The number of anilines is 2. The van der Waals surface area contributed by atoms with E-state index in [1.807, 2.05) is 48.7 Å². The van der Waals surface area contributed by atoms with E-state index in [2.05, 4.69) is 25.6 Å². The first kappa shape index (κ1) is 17.1. The summed E-state index contributed by atoms with van der Waals surface area (Å²) in [6.07, 6.45) is 0.596. The topological polar surface area (TPSA) is 108 Å². The van der Waals surface area contributed by atoms with Gasteiger partial charge in [0.1, 0.15) is 6.23 Å². The summed E-state index contributed by atoms with van der Waals surface area (Å²) in [5.74, 6) is 0.799. The summed E-state index contributed by atoms with van der Waals surface area (Å²) in [5, 5.41) is 24.6. The Morgan fingerprint density at radius 1 is 1.16 bits per heavy atom. The lowest BCUT2D eigenvalue weighted by atomic mass is 10.2. The fourth-order valence-electron chi connectivity index (χ4n) is 2.46. The Morgan fingerprint density at radius 3 is 2.60 bits per heavy atom. The molecule has 0 saturated heterocycles. The van der Waals surface area contributed by atoms with Gasteiger partial charge in [-0.05, 0) is 19.4 Å².